The standard InChI is InChI=1S/C25H28N4O4S/c1-16-5-3-6-18(11-16)28-10-9-27(14-17(28)2)23(30)7-4-8-29-24(31)19-12-21-22(33-15-32-21)13-20(19)26-25(29)34/h3,5-6,11-13,17,19H,4,7-10,14-15H2,1-2H3. The van der Waals surface area contributed by atoms with Crippen LogP contribution in [0.3, 0.4) is 0 Å². The molecule has 4 aliphatic rings. The summed E-state index contributed by atoms with van der Waals surface area (Å²) in [5, 5.41) is 0.233. The molecule has 34 heavy (non-hydrogen) atoms. The van der Waals surface area contributed by atoms with Crippen LogP contribution in [0.4, 0.5) is 5.69 Å². The van der Waals surface area contributed by atoms with Crippen LogP contribution in [-0.4, -0.2) is 71.5 Å². The normalized spacial score (nSPS) is 23.9. The number of ether oxygens (including phenoxy) is 2. The molecule has 2 unspecified atom stereocenters. The Kier molecular flexibility index (Phi) is 6.12. The minimum Gasteiger partial charge on any atom is -0.454 e. The third-order valence-electron chi connectivity index (χ3n) is 6.66. The van der Waals surface area contributed by atoms with E-state index in [1.165, 1.54) is 16.2 Å². The number of benzene rings is 1. The highest BCUT2D eigenvalue weighted by molar-refractivity contribution is 7.80. The number of carbonyl (C=O) groups excluding carboxylic acids is 2. The SMILES string of the molecule is Cc1cccc(N2CCN(C(=O)CCCN3C(=O)C4C=C5OCOC5=CC4=NC3=S)CC2C)c1. The topological polar surface area (TPSA) is 74.7 Å². The van der Waals surface area contributed by atoms with Gasteiger partial charge in [0.25, 0.3) is 0 Å². The van der Waals surface area contributed by atoms with Gasteiger partial charge in [0.2, 0.25) is 23.7 Å². The van der Waals surface area contributed by atoms with Crippen molar-refractivity contribution in [2.75, 3.05) is 37.9 Å². The summed E-state index contributed by atoms with van der Waals surface area (Å²) in [5.74, 6) is 0.597. The number of piperazine rings is 1. The van der Waals surface area contributed by atoms with Crippen LogP contribution >= 0.6 is 12.2 Å². The quantitative estimate of drug-likeness (QED) is 0.604. The lowest BCUT2D eigenvalue weighted by molar-refractivity contribution is -0.133. The lowest BCUT2D eigenvalue weighted by Gasteiger charge is -2.41. The predicted octanol–water partition coefficient (Wildman–Crippen LogP) is 2.78. The van der Waals surface area contributed by atoms with Crippen molar-refractivity contribution in [3.8, 4) is 0 Å². The molecule has 0 saturated carbocycles. The van der Waals surface area contributed by atoms with Crippen LogP contribution in [0.1, 0.15) is 25.3 Å². The minimum absolute atomic E-state index is 0.110. The number of fused-ring (bicyclic) bond motifs is 2. The van der Waals surface area contributed by atoms with Crippen molar-refractivity contribution in [1.29, 1.82) is 0 Å². The van der Waals surface area contributed by atoms with Crippen LogP contribution in [0.2, 0.25) is 0 Å². The fourth-order valence-electron chi connectivity index (χ4n) is 4.86. The number of hydrogen-bond donors (Lipinski definition) is 0. The molecule has 0 spiro atoms. The van der Waals surface area contributed by atoms with Crippen LogP contribution in [-0.2, 0) is 19.1 Å². The zero-order chi connectivity index (χ0) is 23.8. The number of carbonyl (C=O) groups is 2. The van der Waals surface area contributed by atoms with Crippen molar-refractivity contribution in [3.05, 3.63) is 53.5 Å². The molecule has 3 heterocycles. The molecule has 0 bridgehead atoms. The number of allylic oxidation sites excluding steroid dienone is 1. The van der Waals surface area contributed by atoms with Gasteiger partial charge in [0.15, 0.2) is 11.5 Å². The smallest absolute Gasteiger partial charge is 0.241 e. The third kappa shape index (κ3) is 4.32. The average Bonchev–Trinajstić information content (AvgIpc) is 3.27. The molecular weight excluding hydrogens is 452 g/mol. The van der Waals surface area contributed by atoms with Crippen molar-refractivity contribution in [3.63, 3.8) is 0 Å². The van der Waals surface area contributed by atoms with Crippen molar-refractivity contribution >= 4 is 40.5 Å². The van der Waals surface area contributed by atoms with Gasteiger partial charge in [-0.3, -0.25) is 14.5 Å². The molecule has 0 aromatic heterocycles. The summed E-state index contributed by atoms with van der Waals surface area (Å²) in [7, 11) is 0. The van der Waals surface area contributed by atoms with E-state index < -0.39 is 5.92 Å². The number of rotatable bonds is 5. The van der Waals surface area contributed by atoms with Crippen molar-refractivity contribution in [2.45, 2.75) is 32.7 Å². The van der Waals surface area contributed by atoms with Crippen LogP contribution in [0.15, 0.2) is 52.9 Å². The zero-order valence-electron chi connectivity index (χ0n) is 19.4. The first-order valence-electron chi connectivity index (χ1n) is 11.6. The van der Waals surface area contributed by atoms with Gasteiger partial charge in [0, 0.05) is 50.4 Å². The van der Waals surface area contributed by atoms with Gasteiger partial charge in [-0.2, -0.15) is 0 Å². The van der Waals surface area contributed by atoms with E-state index in [0.717, 1.165) is 6.54 Å². The van der Waals surface area contributed by atoms with E-state index >= 15 is 0 Å². The summed E-state index contributed by atoms with van der Waals surface area (Å²) in [6, 6.07) is 8.71. The van der Waals surface area contributed by atoms with Gasteiger partial charge in [-0.05, 0) is 56.3 Å². The molecule has 0 radical (unpaired) electrons. The maximum Gasteiger partial charge on any atom is 0.241 e. The van der Waals surface area contributed by atoms with Gasteiger partial charge in [0.05, 0.1) is 5.71 Å². The molecular formula is C25H28N4O4S. The first-order valence-corrected chi connectivity index (χ1v) is 12.1. The Morgan fingerprint density at radius 2 is 2.06 bits per heavy atom. The minimum atomic E-state index is -0.529. The molecule has 178 valence electrons. The number of amides is 2. The van der Waals surface area contributed by atoms with E-state index in [0.29, 0.717) is 49.7 Å². The molecule has 0 N–H and O–H groups in total. The second kappa shape index (κ2) is 9.21. The number of aryl methyl sites for hydroxylation is 1. The summed E-state index contributed by atoms with van der Waals surface area (Å²) in [6.45, 7) is 6.94. The molecule has 1 aliphatic carbocycles. The Morgan fingerprint density at radius 3 is 2.85 bits per heavy atom. The second-order valence-electron chi connectivity index (χ2n) is 9.06. The lowest BCUT2D eigenvalue weighted by atomic mass is 9.93. The number of anilines is 1. The molecule has 1 aromatic rings. The number of hydrogen-bond acceptors (Lipinski definition) is 6. The maximum atomic E-state index is 13.1. The van der Waals surface area contributed by atoms with Crippen LogP contribution in [0, 0.1) is 12.8 Å². The van der Waals surface area contributed by atoms with E-state index in [-0.39, 0.29) is 29.8 Å². The van der Waals surface area contributed by atoms with Crippen LogP contribution in [0.25, 0.3) is 0 Å². The van der Waals surface area contributed by atoms with E-state index in [4.69, 9.17) is 21.7 Å². The van der Waals surface area contributed by atoms with Crippen molar-refractivity contribution < 1.29 is 19.1 Å². The van der Waals surface area contributed by atoms with Gasteiger partial charge in [-0.25, -0.2) is 4.99 Å². The Balaban J connectivity index is 1.14. The molecule has 9 heteroatoms. The fraction of sp³-hybridized carbons (Fsp3) is 0.440. The molecule has 2 saturated heterocycles. The van der Waals surface area contributed by atoms with Gasteiger partial charge in [-0.1, -0.05) is 12.1 Å². The number of aliphatic imine (C=N–C) groups is 1. The van der Waals surface area contributed by atoms with Crippen LogP contribution < -0.4 is 4.90 Å². The number of nitrogens with zero attached hydrogens (tertiary/aromatic N) is 4. The molecule has 2 amide bonds. The molecule has 8 nitrogen and oxygen atoms in total. The summed E-state index contributed by atoms with van der Waals surface area (Å²) in [6.07, 6.45) is 4.35. The largest absolute Gasteiger partial charge is 0.454 e. The Labute approximate surface area is 204 Å². The van der Waals surface area contributed by atoms with E-state index in [9.17, 15) is 9.59 Å². The Hall–Kier alpha value is -3.20. The number of thiocarbonyl (C=S) groups is 1. The highest BCUT2D eigenvalue weighted by Crippen LogP contribution is 2.31. The average molecular weight is 481 g/mol. The lowest BCUT2D eigenvalue weighted by Crippen LogP contribution is -2.54. The van der Waals surface area contributed by atoms with Gasteiger partial charge < -0.3 is 19.3 Å². The van der Waals surface area contributed by atoms with Crippen LogP contribution in [0.5, 0.6) is 0 Å². The Morgan fingerprint density at radius 1 is 1.24 bits per heavy atom. The molecule has 1 aromatic carbocycles. The molecule has 2 fully saturated rings. The first kappa shape index (κ1) is 22.6. The molecule has 3 aliphatic heterocycles. The van der Waals surface area contributed by atoms with Crippen molar-refractivity contribution in [1.82, 2.24) is 9.80 Å². The summed E-state index contributed by atoms with van der Waals surface area (Å²) >= 11 is 5.38. The van der Waals surface area contributed by atoms with Gasteiger partial charge in [0.1, 0.15) is 5.92 Å². The van der Waals surface area contributed by atoms with E-state index in [1.807, 2.05) is 4.90 Å². The molecule has 5 rings (SSSR count). The van der Waals surface area contributed by atoms with Gasteiger partial charge in [-0.15, -0.1) is 0 Å². The Bertz CT molecular complexity index is 1130. The monoisotopic (exact) mass is 480 g/mol. The summed E-state index contributed by atoms with van der Waals surface area (Å²) in [5.41, 5.74) is 3.01. The zero-order valence-corrected chi connectivity index (χ0v) is 20.2. The highest BCUT2D eigenvalue weighted by Gasteiger charge is 2.38. The van der Waals surface area contributed by atoms with E-state index in [1.54, 1.807) is 12.2 Å². The maximum absolute atomic E-state index is 13.1. The summed E-state index contributed by atoms with van der Waals surface area (Å²) < 4.78 is 10.8. The predicted molar refractivity (Wildman–Crippen MR) is 132 cm³/mol. The molecule has 2 atom stereocenters. The second-order valence-corrected chi connectivity index (χ2v) is 9.42. The summed E-state index contributed by atoms with van der Waals surface area (Å²) in [4.78, 5) is 36.2. The van der Waals surface area contributed by atoms with Gasteiger partial charge >= 0.3 is 0 Å². The fourth-order valence-corrected chi connectivity index (χ4v) is 5.15. The highest BCUT2D eigenvalue weighted by atomic mass is 32.1. The van der Waals surface area contributed by atoms with Crippen molar-refractivity contribution in [2.24, 2.45) is 10.9 Å². The van der Waals surface area contributed by atoms with E-state index in [2.05, 4.69) is 48.0 Å². The first-order chi connectivity index (χ1) is 16.4. The third-order valence-corrected chi connectivity index (χ3v) is 6.97.